The van der Waals surface area contributed by atoms with E-state index in [-0.39, 0.29) is 0 Å². The molecule has 0 aromatic heterocycles. The molecule has 1 N–H and O–H groups in total. The number of benzene rings is 2. The Bertz CT molecular complexity index is 672. The van der Waals surface area contributed by atoms with E-state index >= 15 is 0 Å². The second-order valence-electron chi connectivity index (χ2n) is 7.12. The van der Waals surface area contributed by atoms with E-state index in [0.29, 0.717) is 6.17 Å². The molecule has 0 radical (unpaired) electrons. The molecule has 3 saturated heterocycles. The molecule has 0 saturated carbocycles. The first-order valence-electron chi connectivity index (χ1n) is 8.75. The van der Waals surface area contributed by atoms with Crippen LogP contribution in [0.4, 0.5) is 5.69 Å². The lowest BCUT2D eigenvalue weighted by molar-refractivity contribution is 0.229. The number of likely N-dealkylation sites (tertiary alicyclic amines) is 1. The van der Waals surface area contributed by atoms with Crippen LogP contribution in [0.15, 0.2) is 60.7 Å². The summed E-state index contributed by atoms with van der Waals surface area (Å²) in [6.07, 6.45) is 1.84. The standard InChI is InChI=1S/C20H23N3/c1-3-7-15(8-4-1)13-22-12-11-17-19(22)18-14-23(18)20(17)21-16-9-5-2-6-10-16/h1-10,17-21H,11-14H2/t17?,18?,19-,20?,23?/m1/s1. The van der Waals surface area contributed by atoms with Crippen molar-refractivity contribution in [3.05, 3.63) is 66.2 Å². The van der Waals surface area contributed by atoms with Gasteiger partial charge in [-0.25, -0.2) is 0 Å². The highest BCUT2D eigenvalue weighted by Gasteiger charge is 2.61. The third-order valence-corrected chi connectivity index (χ3v) is 5.77. The maximum atomic E-state index is 3.79. The zero-order chi connectivity index (χ0) is 15.2. The van der Waals surface area contributed by atoms with Crippen LogP contribution < -0.4 is 5.32 Å². The van der Waals surface area contributed by atoms with Crippen molar-refractivity contribution in [1.29, 1.82) is 0 Å². The predicted octanol–water partition coefficient (Wildman–Crippen LogP) is 3.01. The monoisotopic (exact) mass is 305 g/mol. The first kappa shape index (κ1) is 13.6. The van der Waals surface area contributed by atoms with E-state index in [2.05, 4.69) is 75.8 Å². The average Bonchev–Trinajstić information content (AvgIpc) is 3.18. The van der Waals surface area contributed by atoms with Gasteiger partial charge in [-0.05, 0) is 30.7 Å². The summed E-state index contributed by atoms with van der Waals surface area (Å²) in [6, 6.07) is 23.1. The van der Waals surface area contributed by atoms with E-state index < -0.39 is 0 Å². The summed E-state index contributed by atoms with van der Waals surface area (Å²) in [7, 11) is 0. The number of para-hydroxylation sites is 1. The lowest BCUT2D eigenvalue weighted by Gasteiger charge is -2.27. The number of piperidine rings is 1. The van der Waals surface area contributed by atoms with Gasteiger partial charge in [0.15, 0.2) is 0 Å². The Morgan fingerprint density at radius 3 is 2.48 bits per heavy atom. The fourth-order valence-corrected chi connectivity index (χ4v) is 4.72. The van der Waals surface area contributed by atoms with Gasteiger partial charge in [0.05, 0.1) is 6.17 Å². The van der Waals surface area contributed by atoms with Crippen LogP contribution in [0.3, 0.4) is 0 Å². The zero-order valence-corrected chi connectivity index (χ0v) is 13.3. The quantitative estimate of drug-likeness (QED) is 0.876. The largest absolute Gasteiger partial charge is 0.369 e. The predicted molar refractivity (Wildman–Crippen MR) is 93.1 cm³/mol. The van der Waals surface area contributed by atoms with E-state index in [0.717, 1.165) is 24.5 Å². The second-order valence-corrected chi connectivity index (χ2v) is 7.12. The summed E-state index contributed by atoms with van der Waals surface area (Å²) in [5.74, 6) is 0.762. The average molecular weight is 305 g/mol. The van der Waals surface area contributed by atoms with E-state index in [1.165, 1.54) is 30.8 Å². The van der Waals surface area contributed by atoms with Crippen LogP contribution in [-0.2, 0) is 6.54 Å². The SMILES string of the molecule is c1ccc(CN2CCC3C(Nc4ccccc4)N4CC4[C@@H]32)cc1. The molecule has 118 valence electrons. The van der Waals surface area contributed by atoms with Gasteiger partial charge in [-0.15, -0.1) is 0 Å². The van der Waals surface area contributed by atoms with Gasteiger partial charge < -0.3 is 5.32 Å². The van der Waals surface area contributed by atoms with Crippen molar-refractivity contribution in [2.45, 2.75) is 31.2 Å². The number of hydrogen-bond donors (Lipinski definition) is 1. The zero-order valence-electron chi connectivity index (χ0n) is 13.3. The van der Waals surface area contributed by atoms with E-state index in [4.69, 9.17) is 0 Å². The molecule has 5 atom stereocenters. The topological polar surface area (TPSA) is 18.3 Å². The molecule has 0 bridgehead atoms. The minimum Gasteiger partial charge on any atom is -0.369 e. The molecule has 0 amide bonds. The number of nitrogens with one attached hydrogen (secondary N) is 1. The lowest BCUT2D eigenvalue weighted by Crippen LogP contribution is -2.38. The summed E-state index contributed by atoms with van der Waals surface area (Å²) < 4.78 is 0. The van der Waals surface area contributed by atoms with Crippen molar-refractivity contribution in [3.8, 4) is 0 Å². The van der Waals surface area contributed by atoms with E-state index in [1.807, 2.05) is 0 Å². The molecule has 3 nitrogen and oxygen atoms in total. The fraction of sp³-hybridized carbons (Fsp3) is 0.400. The molecular weight excluding hydrogens is 282 g/mol. The van der Waals surface area contributed by atoms with Gasteiger partial charge in [-0.1, -0.05) is 48.5 Å². The van der Waals surface area contributed by atoms with Gasteiger partial charge >= 0.3 is 0 Å². The third-order valence-electron chi connectivity index (χ3n) is 5.77. The molecular formula is C20H23N3. The van der Waals surface area contributed by atoms with Gasteiger partial charge in [0.2, 0.25) is 0 Å². The van der Waals surface area contributed by atoms with Crippen LogP contribution >= 0.6 is 0 Å². The summed E-state index contributed by atoms with van der Waals surface area (Å²) in [5.41, 5.74) is 2.70. The minimum atomic E-state index is 0.521. The van der Waals surface area contributed by atoms with Gasteiger partial charge in [-0.2, -0.15) is 0 Å². The molecule has 3 aliphatic heterocycles. The molecule has 23 heavy (non-hydrogen) atoms. The maximum Gasteiger partial charge on any atom is 0.0842 e. The van der Waals surface area contributed by atoms with E-state index in [1.54, 1.807) is 0 Å². The molecule has 0 spiro atoms. The van der Waals surface area contributed by atoms with Crippen LogP contribution in [0, 0.1) is 5.92 Å². The number of anilines is 1. The highest BCUT2D eigenvalue weighted by molar-refractivity contribution is 5.45. The molecule has 3 aliphatic rings. The van der Waals surface area contributed by atoms with Crippen molar-refractivity contribution in [2.75, 3.05) is 18.4 Å². The van der Waals surface area contributed by atoms with Crippen LogP contribution in [0.5, 0.6) is 0 Å². The third kappa shape index (κ3) is 2.35. The van der Waals surface area contributed by atoms with Crippen LogP contribution in [0.25, 0.3) is 0 Å². The Labute approximate surface area is 137 Å². The Kier molecular flexibility index (Phi) is 3.17. The number of nitrogens with zero attached hydrogens (tertiary/aromatic N) is 2. The molecule has 5 rings (SSSR count). The van der Waals surface area contributed by atoms with Gasteiger partial charge in [-0.3, -0.25) is 9.80 Å². The summed E-state index contributed by atoms with van der Waals surface area (Å²) in [5, 5.41) is 3.79. The number of fused-ring (bicyclic) bond motifs is 3. The van der Waals surface area contributed by atoms with Crippen LogP contribution in [0.1, 0.15) is 12.0 Å². The first-order valence-corrected chi connectivity index (χ1v) is 8.75. The van der Waals surface area contributed by atoms with Crippen molar-refractivity contribution in [1.82, 2.24) is 9.80 Å². The Hall–Kier alpha value is -1.84. The second kappa shape index (κ2) is 5.36. The van der Waals surface area contributed by atoms with Gasteiger partial charge in [0.25, 0.3) is 0 Å². The number of rotatable bonds is 4. The van der Waals surface area contributed by atoms with Crippen molar-refractivity contribution in [2.24, 2.45) is 5.92 Å². The van der Waals surface area contributed by atoms with Crippen LogP contribution in [0.2, 0.25) is 0 Å². The van der Waals surface area contributed by atoms with Crippen LogP contribution in [-0.4, -0.2) is 41.1 Å². The minimum absolute atomic E-state index is 0.521. The normalized spacial score (nSPS) is 34.9. The molecule has 4 unspecified atom stereocenters. The van der Waals surface area contributed by atoms with E-state index in [9.17, 15) is 0 Å². The maximum absolute atomic E-state index is 3.79. The molecule has 3 heteroatoms. The van der Waals surface area contributed by atoms with Gasteiger partial charge in [0.1, 0.15) is 0 Å². The molecule has 3 heterocycles. The highest BCUT2D eigenvalue weighted by atomic mass is 15.5. The van der Waals surface area contributed by atoms with Crippen molar-refractivity contribution >= 4 is 5.69 Å². The van der Waals surface area contributed by atoms with Crippen molar-refractivity contribution < 1.29 is 0 Å². The smallest absolute Gasteiger partial charge is 0.0842 e. The Balaban J connectivity index is 1.32. The Morgan fingerprint density at radius 1 is 0.957 bits per heavy atom. The molecule has 2 aromatic carbocycles. The summed E-state index contributed by atoms with van der Waals surface area (Å²) >= 11 is 0. The van der Waals surface area contributed by atoms with Gasteiger partial charge in [0, 0.05) is 36.8 Å². The highest BCUT2D eigenvalue weighted by Crippen LogP contribution is 2.48. The first-order chi connectivity index (χ1) is 11.4. The number of hydrogen-bond acceptors (Lipinski definition) is 3. The fourth-order valence-electron chi connectivity index (χ4n) is 4.72. The molecule has 3 fully saturated rings. The summed E-state index contributed by atoms with van der Waals surface area (Å²) in [4.78, 5) is 5.37. The van der Waals surface area contributed by atoms with Crippen molar-refractivity contribution in [3.63, 3.8) is 0 Å². The Morgan fingerprint density at radius 2 is 1.70 bits per heavy atom. The molecule has 0 aliphatic carbocycles. The lowest BCUT2D eigenvalue weighted by atomic mass is 9.97. The summed E-state index contributed by atoms with van der Waals surface area (Å²) in [6.45, 7) is 3.60. The molecule has 2 aromatic rings.